The largest absolute Gasteiger partial charge is 0.481 e. The van der Waals surface area contributed by atoms with E-state index in [1.165, 1.54) is 49.7 Å². The van der Waals surface area contributed by atoms with Crippen LogP contribution >= 0.6 is 68.0 Å². The maximum atomic E-state index is 15.3. The fourth-order valence-electron chi connectivity index (χ4n) is 12.1. The molecular weight excluding hydrogens is 1370 g/mol. The lowest BCUT2D eigenvalue weighted by atomic mass is 9.87. The Morgan fingerprint density at radius 1 is 0.694 bits per heavy atom. The van der Waals surface area contributed by atoms with Gasteiger partial charge in [0.25, 0.3) is 11.8 Å². The van der Waals surface area contributed by atoms with Crippen molar-refractivity contribution in [3.63, 3.8) is 0 Å². The number of fused-ring (bicyclic) bond motifs is 16. The van der Waals surface area contributed by atoms with E-state index >= 15 is 4.79 Å². The smallest absolute Gasteiger partial charge is 0.415 e. The Balaban J connectivity index is 0.929. The Labute approximate surface area is 584 Å². The average molecular weight is 1440 g/mol. The molecule has 2 fully saturated rings. The molecule has 31 heteroatoms. The summed E-state index contributed by atoms with van der Waals surface area (Å²) in [7, 11) is 0. The van der Waals surface area contributed by atoms with E-state index in [-0.39, 0.29) is 71.7 Å². The van der Waals surface area contributed by atoms with Gasteiger partial charge in [-0.25, -0.2) is 39.7 Å². The predicted octanol–water partition coefficient (Wildman–Crippen LogP) is 10.6. The van der Waals surface area contributed by atoms with Gasteiger partial charge in [-0.05, 0) is 75.6 Å². The zero-order valence-electron chi connectivity index (χ0n) is 52.9. The number of ketones is 1. The molecule has 508 valence electrons. The van der Waals surface area contributed by atoms with Crippen molar-refractivity contribution < 1.29 is 63.5 Å². The van der Waals surface area contributed by atoms with E-state index in [2.05, 4.69) is 10.6 Å². The lowest BCUT2D eigenvalue weighted by Crippen LogP contribution is -2.50. The lowest BCUT2D eigenvalue weighted by molar-refractivity contribution is -0.143. The second-order valence-electron chi connectivity index (χ2n) is 24.3. The number of rotatable bonds is 15. The third-order valence-electron chi connectivity index (χ3n) is 17.5. The molecule has 12 rings (SSSR count). The number of unbranched alkanes of at least 4 members (excludes halogenated alkanes) is 1. The molecule has 0 unspecified atom stereocenters. The molecule has 7 aromatic heterocycles. The third kappa shape index (κ3) is 15.5. The van der Waals surface area contributed by atoms with Crippen LogP contribution in [0, 0.1) is 25.7 Å². The van der Waals surface area contributed by atoms with E-state index in [1.807, 2.05) is 43.5 Å². The molecule has 8 N–H and O–H groups in total. The number of aromatic nitrogens is 7. The van der Waals surface area contributed by atoms with Crippen molar-refractivity contribution in [2.75, 3.05) is 18.0 Å². The Bertz CT molecular complexity index is 4460. The first-order valence-electron chi connectivity index (χ1n) is 31.5. The number of carbonyl (C=O) groups is 8. The van der Waals surface area contributed by atoms with Crippen LogP contribution in [0.1, 0.15) is 157 Å². The predicted molar refractivity (Wildman–Crippen MR) is 369 cm³/mol. The molecule has 2 aliphatic heterocycles. The second-order valence-corrected chi connectivity index (χ2v) is 29.9. The molecule has 7 atom stereocenters. The quantitative estimate of drug-likeness (QED) is 0.0469. The number of carboxylic acids is 2. The van der Waals surface area contributed by atoms with Crippen molar-refractivity contribution in [3.8, 4) is 43.4 Å². The average Bonchev–Trinajstić information content (AvgIpc) is 1.62. The number of carboxylic acid groups (broad SMARTS) is 2. The van der Waals surface area contributed by atoms with Gasteiger partial charge in [-0.1, -0.05) is 67.1 Å². The Morgan fingerprint density at radius 3 is 2.08 bits per heavy atom. The summed E-state index contributed by atoms with van der Waals surface area (Å²) in [5, 5.41) is 59.0. The number of aliphatic hydroxyl groups is 2. The number of nitrogens with two attached hydrogens (primary N) is 1. The van der Waals surface area contributed by atoms with Crippen molar-refractivity contribution in [2.45, 2.75) is 127 Å². The summed E-state index contributed by atoms with van der Waals surface area (Å²) in [5.74, 6) is -6.87. The summed E-state index contributed by atoms with van der Waals surface area (Å²) in [5.41, 5.74) is 9.86. The minimum Gasteiger partial charge on any atom is -0.481 e. The van der Waals surface area contributed by atoms with E-state index in [4.69, 9.17) is 45.4 Å². The van der Waals surface area contributed by atoms with Gasteiger partial charge in [0.05, 0.1) is 47.3 Å². The highest BCUT2D eigenvalue weighted by Crippen LogP contribution is 2.44. The number of aliphatic hydroxyl groups excluding tert-OH is 2. The van der Waals surface area contributed by atoms with Crippen LogP contribution in [-0.2, 0) is 30.3 Å². The van der Waals surface area contributed by atoms with E-state index in [9.17, 15) is 54.0 Å². The van der Waals surface area contributed by atoms with Gasteiger partial charge in [-0.15, -0.1) is 68.0 Å². The third-order valence-corrected chi connectivity index (χ3v) is 23.1. The molecule has 0 spiro atoms. The summed E-state index contributed by atoms with van der Waals surface area (Å²) in [6, 6.07) is 16.7. The number of anilines is 1. The molecular formula is C67H66N12O13S6. The second kappa shape index (κ2) is 30.0. The zero-order valence-corrected chi connectivity index (χ0v) is 57.8. The molecule has 9 aromatic rings. The molecule has 1 saturated carbocycles. The van der Waals surface area contributed by atoms with Crippen LogP contribution in [0.3, 0.4) is 0 Å². The number of aliphatic carboxylic acids is 2. The maximum Gasteiger partial charge on any atom is 0.415 e. The number of Topliss-reactive ketones (excluding diaryl/α,β-unsaturated/α-hetero) is 1. The van der Waals surface area contributed by atoms with Gasteiger partial charge in [-0.2, -0.15) is 0 Å². The molecule has 0 radical (unpaired) electrons. The summed E-state index contributed by atoms with van der Waals surface area (Å²) >= 11 is 6.99. The summed E-state index contributed by atoms with van der Waals surface area (Å²) in [4.78, 5) is 147. The highest BCUT2D eigenvalue weighted by Gasteiger charge is 2.46. The number of ether oxygens (including phenoxy) is 1. The van der Waals surface area contributed by atoms with Gasteiger partial charge < -0.3 is 46.4 Å². The topological polar surface area (TPSA) is 373 Å². The number of amides is 5. The van der Waals surface area contributed by atoms with Gasteiger partial charge in [-0.3, -0.25) is 38.5 Å². The number of aryl methyl sites for hydroxylation is 2. The molecule has 25 nitrogen and oxygen atoms in total. The molecule has 1 saturated heterocycles. The van der Waals surface area contributed by atoms with E-state index in [0.29, 0.717) is 90.9 Å². The van der Waals surface area contributed by atoms with E-state index < -0.39 is 108 Å². The van der Waals surface area contributed by atoms with E-state index in [1.54, 1.807) is 65.0 Å². The minimum atomic E-state index is -1.30. The number of hydrogen-bond acceptors (Lipinski definition) is 24. The first-order chi connectivity index (χ1) is 47.1. The van der Waals surface area contributed by atoms with Gasteiger partial charge in [0.2, 0.25) is 11.8 Å². The van der Waals surface area contributed by atoms with Crippen molar-refractivity contribution >= 4 is 121 Å². The van der Waals surface area contributed by atoms with Gasteiger partial charge in [0.15, 0.2) is 5.78 Å². The molecule has 3 aliphatic rings. The fourth-order valence-corrected chi connectivity index (χ4v) is 17.5. The number of benzene rings is 2. The highest BCUT2D eigenvalue weighted by atomic mass is 32.1. The van der Waals surface area contributed by atoms with Crippen molar-refractivity contribution in [1.29, 1.82) is 0 Å². The number of nitrogens with zero attached hydrogens (tertiary/aromatic N) is 9. The number of carbonyl (C=O) groups excluding carboxylic acids is 6. The van der Waals surface area contributed by atoms with Crippen molar-refractivity contribution in [2.24, 2.45) is 17.6 Å². The highest BCUT2D eigenvalue weighted by molar-refractivity contribution is 7.15. The number of hydrogen-bond donors (Lipinski definition) is 7. The molecule has 98 heavy (non-hydrogen) atoms. The summed E-state index contributed by atoms with van der Waals surface area (Å²) in [6.45, 7) is 5.44. The maximum absolute atomic E-state index is 15.3. The number of nitrogens with one attached hydrogen (secondary N) is 2. The van der Waals surface area contributed by atoms with Crippen LogP contribution in [0.4, 0.5) is 10.6 Å². The first-order valence-corrected chi connectivity index (χ1v) is 36.7. The van der Waals surface area contributed by atoms with E-state index in [0.717, 1.165) is 45.1 Å². The van der Waals surface area contributed by atoms with Gasteiger partial charge >= 0.3 is 18.0 Å². The number of pyridine rings is 1. The standard InChI is InChI=1S/C67H66N12O13S6/c1-32-12-14-35(15-13-32)23-43-65(88)79-26-49(81)33(2)55(79)64-75-47(30-96-64)62-72-44(27-95-62)54-39(20-21-41(69-54)61-76-51(31-97-61)78(22-8-7-11-52(83)84)67(91)92-38-18-16-37(17-19-38)66(89)90)59-73-45(28-93-59)57(86)70-42(25-50(68)82)63-77-53(34(3)98-63)48(80)24-40(56(85)36-9-5-4-6-10-36)60-74-46(29-94-60)58(87)71-43/h4-6,9-10,12-15,20-21,27-31,33,37-38,40,42-43,49,55-56,81,85H,7-8,11,16-19,22-26H2,1-3H3,(H2,68,82)(H,70,86)(H,71,87)(H,83,84)(H,89,90)/t33-,37?,38?,40-,42-,43-,49-,55-,56+/m0/s1. The van der Waals surface area contributed by atoms with Gasteiger partial charge in [0, 0.05) is 81.5 Å². The van der Waals surface area contributed by atoms with Crippen LogP contribution in [0.25, 0.3) is 43.4 Å². The fraction of sp³-hybridized carbons (Fsp3) is 0.358. The Morgan fingerprint density at radius 2 is 1.35 bits per heavy atom. The summed E-state index contributed by atoms with van der Waals surface area (Å²) in [6.07, 6.45) is -2.34. The number of thiazole rings is 6. The molecule has 9 heterocycles. The normalized spacial score (nSPS) is 21.0. The zero-order chi connectivity index (χ0) is 69.1. The van der Waals surface area contributed by atoms with Crippen LogP contribution in [0.15, 0.2) is 93.6 Å². The Hall–Kier alpha value is -8.95. The van der Waals surface area contributed by atoms with Crippen LogP contribution in [-0.4, -0.2) is 139 Å². The monoisotopic (exact) mass is 1440 g/mol. The van der Waals surface area contributed by atoms with Crippen LogP contribution in [0.5, 0.6) is 0 Å². The molecule has 10 bridgehead atoms. The lowest BCUT2D eigenvalue weighted by Gasteiger charge is -2.29. The van der Waals surface area contributed by atoms with Crippen molar-refractivity contribution in [1.82, 2.24) is 50.4 Å². The number of primary amides is 1. The molecule has 1 aliphatic carbocycles. The summed E-state index contributed by atoms with van der Waals surface area (Å²) < 4.78 is 5.94. The molecule has 5 amide bonds. The minimum absolute atomic E-state index is 0.0168. The van der Waals surface area contributed by atoms with Gasteiger partial charge in [0.1, 0.15) is 77.2 Å². The van der Waals surface area contributed by atoms with Crippen molar-refractivity contribution in [3.05, 3.63) is 147 Å². The molecule has 2 aromatic carbocycles. The van der Waals surface area contributed by atoms with Crippen LogP contribution in [0.2, 0.25) is 0 Å². The SMILES string of the molecule is Cc1ccc(C[C@@H]2NC(=O)c3csc(n3)[C@H]([C@H](O)c3ccccc3)CC(=O)c3nc(sc3C)[C@H](CC(N)=O)NC(=O)c3csc(n3)-c3ccc(-c4nc(N(CCCCC(=O)O)C(=O)OC5CCC(C(=O)O)CC5)cs4)nc3-c3csc(n3)-c3csc(n3)[C@@H]3[C@@H](C)[C@@H](O)CN3C2=O)cc1. The first kappa shape index (κ1) is 69.0. The Kier molecular flexibility index (Phi) is 21.1. The van der Waals surface area contributed by atoms with Crippen LogP contribution < -0.4 is 21.3 Å².